The van der Waals surface area contributed by atoms with Crippen LogP contribution in [-0.4, -0.2) is 36.6 Å². The Morgan fingerprint density at radius 2 is 1.88 bits per heavy atom. The Bertz CT molecular complexity index is 193. The maximum Gasteiger partial charge on any atom is 0.00951 e. The summed E-state index contributed by atoms with van der Waals surface area (Å²) in [4.78, 5) is 2.74. The van der Waals surface area contributed by atoms with Gasteiger partial charge < -0.3 is 10.2 Å². The van der Waals surface area contributed by atoms with Crippen LogP contribution in [0.15, 0.2) is 0 Å². The van der Waals surface area contributed by atoms with E-state index in [1.54, 1.807) is 0 Å². The monoisotopic (exact) mass is 238 g/mol. The molecule has 1 aliphatic heterocycles. The Kier molecular flexibility index (Phi) is 5.79. The average Bonchev–Trinajstić information content (AvgIpc) is 2.89. The fourth-order valence-corrected chi connectivity index (χ4v) is 3.59. The standard InChI is InChI=1S/C15H30N2/c1-2-17(15-10-4-3-5-11-15)13-7-9-14-8-6-12-16-14/h14-16H,2-13H2,1H3. The Hall–Kier alpha value is -0.0800. The zero-order valence-corrected chi connectivity index (χ0v) is 11.6. The predicted molar refractivity (Wildman–Crippen MR) is 74.4 cm³/mol. The summed E-state index contributed by atoms with van der Waals surface area (Å²) in [5.41, 5.74) is 0. The molecule has 2 nitrogen and oxygen atoms in total. The first-order valence-electron chi connectivity index (χ1n) is 7.87. The van der Waals surface area contributed by atoms with Gasteiger partial charge in [-0.05, 0) is 58.2 Å². The molecule has 2 aliphatic rings. The minimum absolute atomic E-state index is 0.833. The van der Waals surface area contributed by atoms with Gasteiger partial charge in [0.2, 0.25) is 0 Å². The predicted octanol–water partition coefficient (Wildman–Crippen LogP) is 3.17. The lowest BCUT2D eigenvalue weighted by molar-refractivity contribution is 0.159. The highest BCUT2D eigenvalue weighted by Gasteiger charge is 2.20. The van der Waals surface area contributed by atoms with Crippen LogP contribution in [0, 0.1) is 0 Å². The van der Waals surface area contributed by atoms with Gasteiger partial charge in [0.25, 0.3) is 0 Å². The van der Waals surface area contributed by atoms with Gasteiger partial charge in [-0.2, -0.15) is 0 Å². The highest BCUT2D eigenvalue weighted by atomic mass is 15.1. The fraction of sp³-hybridized carbons (Fsp3) is 1.00. The molecule has 1 heterocycles. The molecule has 0 aromatic heterocycles. The minimum Gasteiger partial charge on any atom is -0.314 e. The lowest BCUT2D eigenvalue weighted by Gasteiger charge is -2.33. The van der Waals surface area contributed by atoms with Crippen molar-refractivity contribution in [2.75, 3.05) is 19.6 Å². The van der Waals surface area contributed by atoms with E-state index >= 15 is 0 Å². The first kappa shape index (κ1) is 13.4. The number of hydrogen-bond acceptors (Lipinski definition) is 2. The van der Waals surface area contributed by atoms with Gasteiger partial charge in [0.15, 0.2) is 0 Å². The van der Waals surface area contributed by atoms with Crippen molar-refractivity contribution in [2.45, 2.75) is 76.8 Å². The van der Waals surface area contributed by atoms with Gasteiger partial charge in [0, 0.05) is 12.1 Å². The molecule has 100 valence electrons. The normalized spacial score (nSPS) is 26.8. The van der Waals surface area contributed by atoms with Gasteiger partial charge in [-0.25, -0.2) is 0 Å². The average molecular weight is 238 g/mol. The molecular formula is C15H30N2. The van der Waals surface area contributed by atoms with Gasteiger partial charge >= 0.3 is 0 Å². The third kappa shape index (κ3) is 4.26. The molecule has 1 atom stereocenters. The summed E-state index contributed by atoms with van der Waals surface area (Å²) in [5.74, 6) is 0. The second-order valence-electron chi connectivity index (χ2n) is 5.86. The molecule has 1 saturated heterocycles. The van der Waals surface area contributed by atoms with E-state index in [2.05, 4.69) is 17.1 Å². The summed E-state index contributed by atoms with van der Waals surface area (Å²) in [6.07, 6.45) is 12.9. The smallest absolute Gasteiger partial charge is 0.00951 e. The zero-order valence-electron chi connectivity index (χ0n) is 11.6. The van der Waals surface area contributed by atoms with Crippen LogP contribution in [0.4, 0.5) is 0 Å². The van der Waals surface area contributed by atoms with Crippen molar-refractivity contribution in [2.24, 2.45) is 0 Å². The minimum atomic E-state index is 0.833. The summed E-state index contributed by atoms with van der Waals surface area (Å²) in [6.45, 7) is 6.18. The van der Waals surface area contributed by atoms with Gasteiger partial charge in [0.1, 0.15) is 0 Å². The maximum absolute atomic E-state index is 3.61. The summed E-state index contributed by atoms with van der Waals surface area (Å²) in [7, 11) is 0. The second kappa shape index (κ2) is 7.38. The van der Waals surface area contributed by atoms with Crippen LogP contribution in [-0.2, 0) is 0 Å². The molecule has 1 saturated carbocycles. The van der Waals surface area contributed by atoms with Crippen molar-refractivity contribution in [1.29, 1.82) is 0 Å². The van der Waals surface area contributed by atoms with Crippen LogP contribution in [0.5, 0.6) is 0 Å². The quantitative estimate of drug-likeness (QED) is 0.764. The highest BCUT2D eigenvalue weighted by Crippen LogP contribution is 2.23. The van der Waals surface area contributed by atoms with E-state index < -0.39 is 0 Å². The van der Waals surface area contributed by atoms with Crippen LogP contribution in [0.3, 0.4) is 0 Å². The summed E-state index contributed by atoms with van der Waals surface area (Å²) < 4.78 is 0. The largest absolute Gasteiger partial charge is 0.314 e. The Morgan fingerprint density at radius 1 is 1.06 bits per heavy atom. The third-order valence-electron chi connectivity index (χ3n) is 4.66. The van der Waals surface area contributed by atoms with Gasteiger partial charge in [-0.15, -0.1) is 0 Å². The molecule has 1 aliphatic carbocycles. The van der Waals surface area contributed by atoms with E-state index in [0.29, 0.717) is 0 Å². The Balaban J connectivity index is 1.63. The van der Waals surface area contributed by atoms with Crippen molar-refractivity contribution in [3.8, 4) is 0 Å². The van der Waals surface area contributed by atoms with Crippen molar-refractivity contribution in [3.05, 3.63) is 0 Å². The van der Waals surface area contributed by atoms with E-state index in [-0.39, 0.29) is 0 Å². The number of nitrogens with one attached hydrogen (secondary N) is 1. The molecule has 17 heavy (non-hydrogen) atoms. The van der Waals surface area contributed by atoms with Crippen molar-refractivity contribution >= 4 is 0 Å². The molecule has 2 fully saturated rings. The molecule has 0 aromatic rings. The SMILES string of the molecule is CCN(CCCC1CCCN1)C1CCCCC1. The molecule has 0 aromatic carbocycles. The Morgan fingerprint density at radius 3 is 2.53 bits per heavy atom. The molecule has 2 heteroatoms. The molecule has 0 radical (unpaired) electrons. The number of nitrogens with zero attached hydrogens (tertiary/aromatic N) is 1. The summed E-state index contributed by atoms with van der Waals surface area (Å²) in [5, 5.41) is 3.61. The highest BCUT2D eigenvalue weighted by molar-refractivity contribution is 4.77. The van der Waals surface area contributed by atoms with Gasteiger partial charge in [-0.1, -0.05) is 26.2 Å². The third-order valence-corrected chi connectivity index (χ3v) is 4.66. The van der Waals surface area contributed by atoms with Crippen LogP contribution in [0.1, 0.15) is 64.7 Å². The molecule has 1 unspecified atom stereocenters. The van der Waals surface area contributed by atoms with Crippen LogP contribution in [0.2, 0.25) is 0 Å². The van der Waals surface area contributed by atoms with Crippen LogP contribution >= 0.6 is 0 Å². The van der Waals surface area contributed by atoms with E-state index in [9.17, 15) is 0 Å². The first-order chi connectivity index (χ1) is 8.40. The van der Waals surface area contributed by atoms with Crippen molar-refractivity contribution in [3.63, 3.8) is 0 Å². The van der Waals surface area contributed by atoms with Crippen LogP contribution < -0.4 is 5.32 Å². The molecule has 1 N–H and O–H groups in total. The Labute approximate surface area is 107 Å². The zero-order chi connectivity index (χ0) is 11.9. The van der Waals surface area contributed by atoms with E-state index in [1.807, 2.05) is 0 Å². The molecule has 2 rings (SSSR count). The molecule has 0 amide bonds. The first-order valence-corrected chi connectivity index (χ1v) is 7.87. The molecule has 0 spiro atoms. The lowest BCUT2D eigenvalue weighted by atomic mass is 9.94. The molecule has 0 bridgehead atoms. The number of rotatable bonds is 6. The van der Waals surface area contributed by atoms with E-state index in [0.717, 1.165) is 12.1 Å². The van der Waals surface area contributed by atoms with Gasteiger partial charge in [-0.3, -0.25) is 0 Å². The fourth-order valence-electron chi connectivity index (χ4n) is 3.59. The van der Waals surface area contributed by atoms with E-state index in [4.69, 9.17) is 0 Å². The second-order valence-corrected chi connectivity index (χ2v) is 5.86. The van der Waals surface area contributed by atoms with Crippen LogP contribution in [0.25, 0.3) is 0 Å². The van der Waals surface area contributed by atoms with Gasteiger partial charge in [0.05, 0.1) is 0 Å². The summed E-state index contributed by atoms with van der Waals surface area (Å²) >= 11 is 0. The summed E-state index contributed by atoms with van der Waals surface area (Å²) in [6, 6.07) is 1.74. The van der Waals surface area contributed by atoms with E-state index in [1.165, 1.54) is 77.4 Å². The number of hydrogen-bond donors (Lipinski definition) is 1. The van der Waals surface area contributed by atoms with Crippen molar-refractivity contribution in [1.82, 2.24) is 10.2 Å². The maximum atomic E-state index is 3.61. The topological polar surface area (TPSA) is 15.3 Å². The lowest BCUT2D eigenvalue weighted by Crippen LogP contribution is -2.37. The van der Waals surface area contributed by atoms with Crippen molar-refractivity contribution < 1.29 is 0 Å². The molecular weight excluding hydrogens is 208 g/mol.